The lowest BCUT2D eigenvalue weighted by molar-refractivity contribution is -0.613. The van der Waals surface area contributed by atoms with E-state index >= 15 is 0 Å². The molecule has 8 heteroatoms. The summed E-state index contributed by atoms with van der Waals surface area (Å²) in [4.78, 5) is 0. The third-order valence-electron chi connectivity index (χ3n) is 0.803. The maximum absolute atomic E-state index is 9.75. The molecule has 3 nitrogen and oxygen atoms in total. The molecule has 1 aromatic rings. The molecule has 1 rings (SSSR count). The SMILES string of the molecule is F[B-](F)(F)F.N#[N+][n+]1ccccc1. The van der Waals surface area contributed by atoms with Gasteiger partial charge in [0.25, 0.3) is 0 Å². The lowest BCUT2D eigenvalue weighted by Crippen LogP contribution is -2.21. The average Bonchev–Trinajstić information content (AvgIpc) is 2.03. The molecule has 0 atom stereocenters. The van der Waals surface area contributed by atoms with Crippen LogP contribution in [0.5, 0.6) is 0 Å². The fraction of sp³-hybridized carbons (Fsp3) is 0. The fourth-order valence-corrected chi connectivity index (χ4v) is 0.449. The summed E-state index contributed by atoms with van der Waals surface area (Å²) in [6.07, 6.45) is 3.28. The lowest BCUT2D eigenvalue weighted by atomic mass is 10.3. The predicted octanol–water partition coefficient (Wildman–Crippen LogP) is 1.89. The van der Waals surface area contributed by atoms with Crippen LogP contribution >= 0.6 is 0 Å². The van der Waals surface area contributed by atoms with Crippen molar-refractivity contribution in [3.05, 3.63) is 35.7 Å². The van der Waals surface area contributed by atoms with Gasteiger partial charge in [0.05, 0.1) is 0 Å². The highest BCUT2D eigenvalue weighted by atomic mass is 19.5. The third kappa shape index (κ3) is 10.4. The summed E-state index contributed by atoms with van der Waals surface area (Å²) in [5.41, 5.74) is 0. The number of hydrogen-bond donors (Lipinski definition) is 0. The second-order valence-electron chi connectivity index (χ2n) is 1.84. The number of pyridine rings is 1. The van der Waals surface area contributed by atoms with Crippen molar-refractivity contribution in [3.8, 4) is 0 Å². The van der Waals surface area contributed by atoms with Gasteiger partial charge in [0.15, 0.2) is 12.4 Å². The van der Waals surface area contributed by atoms with Gasteiger partial charge in [0.2, 0.25) is 0 Å². The van der Waals surface area contributed by atoms with Gasteiger partial charge in [-0.25, -0.2) is 0 Å². The molecular weight excluding hydrogens is 189 g/mol. The molecule has 0 unspecified atom stereocenters. The van der Waals surface area contributed by atoms with Crippen molar-refractivity contribution in [1.82, 2.24) is 0 Å². The molecule has 1 heterocycles. The van der Waals surface area contributed by atoms with Crippen LogP contribution in [0, 0.1) is 5.39 Å². The van der Waals surface area contributed by atoms with E-state index in [0.29, 0.717) is 0 Å². The second kappa shape index (κ2) is 5.08. The highest BCUT2D eigenvalue weighted by Crippen LogP contribution is 2.06. The van der Waals surface area contributed by atoms with Gasteiger partial charge < -0.3 is 17.3 Å². The third-order valence-corrected chi connectivity index (χ3v) is 0.803. The number of nitrogens with zero attached hydrogens (tertiary/aromatic N) is 3. The molecule has 0 saturated heterocycles. The van der Waals surface area contributed by atoms with E-state index in [0.717, 1.165) is 0 Å². The van der Waals surface area contributed by atoms with Crippen LogP contribution in [-0.2, 0) is 0 Å². The van der Waals surface area contributed by atoms with Crippen LogP contribution in [0.15, 0.2) is 30.6 Å². The molecule has 13 heavy (non-hydrogen) atoms. The molecule has 0 aliphatic heterocycles. The van der Waals surface area contributed by atoms with Gasteiger partial charge in [-0.15, -0.1) is 0 Å². The number of hydrogen-bond acceptors (Lipinski definition) is 1. The van der Waals surface area contributed by atoms with E-state index in [1.54, 1.807) is 24.5 Å². The van der Waals surface area contributed by atoms with Crippen molar-refractivity contribution in [2.45, 2.75) is 0 Å². The Bertz CT molecular complexity index is 274. The van der Waals surface area contributed by atoms with Crippen LogP contribution in [0.4, 0.5) is 17.3 Å². The first kappa shape index (κ1) is 11.4. The van der Waals surface area contributed by atoms with E-state index in [-0.39, 0.29) is 0 Å². The molecule has 0 spiro atoms. The van der Waals surface area contributed by atoms with E-state index < -0.39 is 7.25 Å². The molecule has 0 radical (unpaired) electrons. The van der Waals surface area contributed by atoms with Gasteiger partial charge in [-0.05, 0) is 12.1 Å². The molecule has 0 aliphatic carbocycles. The van der Waals surface area contributed by atoms with Crippen LogP contribution < -0.4 is 4.68 Å². The van der Waals surface area contributed by atoms with Crippen molar-refractivity contribution < 1.29 is 21.9 Å². The van der Waals surface area contributed by atoms with E-state index in [1.165, 1.54) is 4.68 Å². The number of aromatic nitrogens is 1. The second-order valence-corrected chi connectivity index (χ2v) is 1.84. The van der Waals surface area contributed by atoms with Gasteiger partial charge >= 0.3 is 17.7 Å². The molecule has 0 aromatic carbocycles. The summed E-state index contributed by atoms with van der Waals surface area (Å²) in [6.45, 7) is 0. The van der Waals surface area contributed by atoms with E-state index in [9.17, 15) is 17.3 Å². The Hall–Kier alpha value is -1.65. The minimum Gasteiger partial charge on any atom is -0.418 e. The number of halogens is 4. The van der Waals surface area contributed by atoms with E-state index in [2.05, 4.69) is 5.08 Å². The Kier molecular flexibility index (Phi) is 4.44. The fourth-order valence-electron chi connectivity index (χ4n) is 0.449. The molecule has 0 amide bonds. The van der Waals surface area contributed by atoms with Gasteiger partial charge in [-0.3, -0.25) is 0 Å². The number of rotatable bonds is 0. The van der Waals surface area contributed by atoms with Crippen molar-refractivity contribution in [2.24, 2.45) is 0 Å². The van der Waals surface area contributed by atoms with Crippen LogP contribution in [0.1, 0.15) is 0 Å². The van der Waals surface area contributed by atoms with E-state index in [4.69, 9.17) is 5.39 Å². The maximum atomic E-state index is 9.75. The quantitative estimate of drug-likeness (QED) is 0.268. The highest BCUT2D eigenvalue weighted by Gasteiger charge is 2.20. The van der Waals surface area contributed by atoms with Gasteiger partial charge in [0, 0.05) is 0 Å². The molecule has 70 valence electrons. The van der Waals surface area contributed by atoms with Crippen LogP contribution in [0.25, 0.3) is 5.08 Å². The monoisotopic (exact) mass is 194 g/mol. The van der Waals surface area contributed by atoms with Crippen LogP contribution in [0.3, 0.4) is 0 Å². The lowest BCUT2D eigenvalue weighted by Gasteiger charge is -1.94. The van der Waals surface area contributed by atoms with Crippen LogP contribution in [-0.4, -0.2) is 7.25 Å². The van der Waals surface area contributed by atoms with Gasteiger partial charge in [-0.1, -0.05) is 6.07 Å². The summed E-state index contributed by atoms with van der Waals surface area (Å²) < 4.78 is 40.3. The van der Waals surface area contributed by atoms with Crippen molar-refractivity contribution >= 4 is 7.25 Å². The Labute approximate surface area is 71.3 Å². The summed E-state index contributed by atoms with van der Waals surface area (Å²) in [6, 6.07) is 5.40. The minimum atomic E-state index is -6.00. The first-order chi connectivity index (χ1) is 5.93. The van der Waals surface area contributed by atoms with Crippen molar-refractivity contribution in [2.75, 3.05) is 0 Å². The molecule has 0 aliphatic rings. The smallest absolute Gasteiger partial charge is 0.418 e. The molecular formula is C5H5BF4N3+. The zero-order valence-corrected chi connectivity index (χ0v) is 6.32. The Morgan fingerprint density at radius 3 is 1.62 bits per heavy atom. The van der Waals surface area contributed by atoms with Crippen molar-refractivity contribution in [1.29, 1.82) is 5.39 Å². The molecule has 0 saturated carbocycles. The van der Waals surface area contributed by atoms with Crippen molar-refractivity contribution in [3.63, 3.8) is 0 Å². The molecule has 1 aromatic heterocycles. The Balaban J connectivity index is 0.000000252. The van der Waals surface area contributed by atoms with Crippen LogP contribution in [0.2, 0.25) is 0 Å². The summed E-state index contributed by atoms with van der Waals surface area (Å²) in [5, 5.41) is 11.0. The molecule has 0 fully saturated rings. The van der Waals surface area contributed by atoms with Gasteiger partial charge in [0.1, 0.15) is 4.68 Å². The predicted molar refractivity (Wildman–Crippen MR) is 37.3 cm³/mol. The zero-order valence-electron chi connectivity index (χ0n) is 6.32. The summed E-state index contributed by atoms with van der Waals surface area (Å²) in [5.74, 6) is 0. The van der Waals surface area contributed by atoms with E-state index in [1.807, 2.05) is 6.07 Å². The Morgan fingerprint density at radius 1 is 1.00 bits per heavy atom. The first-order valence-corrected chi connectivity index (χ1v) is 3.12. The average molecular weight is 194 g/mol. The highest BCUT2D eigenvalue weighted by molar-refractivity contribution is 6.50. The maximum Gasteiger partial charge on any atom is 0.673 e. The topological polar surface area (TPSA) is 32.0 Å². The molecule has 0 bridgehead atoms. The van der Waals surface area contributed by atoms with Gasteiger partial charge in [-0.2, -0.15) is 0 Å². The summed E-state index contributed by atoms with van der Waals surface area (Å²) in [7, 11) is -6.00. The zero-order chi connectivity index (χ0) is 10.3. The standard InChI is InChI=1S/C5H5N3.BF4/c6-7-8-4-2-1-3-5-8;2-1(3,4)5/h1-5H;/q+2;-1. The molecule has 0 N–H and O–H groups in total. The number of diazo groups is 1. The first-order valence-electron chi connectivity index (χ1n) is 3.12. The Morgan fingerprint density at radius 2 is 1.38 bits per heavy atom. The summed E-state index contributed by atoms with van der Waals surface area (Å²) >= 11 is 0. The largest absolute Gasteiger partial charge is 0.673 e. The minimum absolute atomic E-state index is 1.31. The normalized spacial score (nSPS) is 9.46.